The Kier molecular flexibility index (Phi) is 3.64. The van der Waals surface area contributed by atoms with Gasteiger partial charge in [-0.1, -0.05) is 24.3 Å². The van der Waals surface area contributed by atoms with E-state index in [2.05, 4.69) is 15.8 Å². The van der Waals surface area contributed by atoms with Crippen LogP contribution in [0.15, 0.2) is 48.7 Å². The topological polar surface area (TPSA) is 72.2 Å². The molecule has 1 aromatic heterocycles. The molecule has 1 fully saturated rings. The fourth-order valence-electron chi connectivity index (χ4n) is 2.71. The van der Waals surface area contributed by atoms with Crippen LogP contribution in [0.4, 0.5) is 0 Å². The number of nitrogens with zero attached hydrogens (tertiary/aromatic N) is 1. The summed E-state index contributed by atoms with van der Waals surface area (Å²) in [6.07, 6.45) is 1.60. The fraction of sp³-hybridized carbons (Fsp3) is 0.267. The van der Waals surface area contributed by atoms with E-state index in [0.29, 0.717) is 0 Å². The number of ether oxygens (including phenoxy) is 1. The molecule has 0 spiro atoms. The lowest BCUT2D eigenvalue weighted by Gasteiger charge is -2.22. The molecule has 20 heavy (non-hydrogen) atoms. The number of aromatic nitrogens is 1. The van der Waals surface area contributed by atoms with Gasteiger partial charge in [0.1, 0.15) is 5.75 Å². The normalized spacial score (nSPS) is 25.6. The van der Waals surface area contributed by atoms with Crippen molar-refractivity contribution in [1.29, 1.82) is 0 Å². The van der Waals surface area contributed by atoms with Gasteiger partial charge in [-0.25, -0.2) is 10.9 Å². The number of hydrogen-bond donors (Lipinski definition) is 3. The summed E-state index contributed by atoms with van der Waals surface area (Å²) in [6.45, 7) is 0. The first-order valence-corrected chi connectivity index (χ1v) is 6.61. The van der Waals surface area contributed by atoms with Gasteiger partial charge in [-0.15, -0.1) is 0 Å². The second kappa shape index (κ2) is 5.58. The summed E-state index contributed by atoms with van der Waals surface area (Å²) >= 11 is 0. The minimum Gasteiger partial charge on any atom is -0.496 e. The van der Waals surface area contributed by atoms with Gasteiger partial charge in [-0.2, -0.15) is 0 Å². The molecule has 5 heteroatoms. The molecule has 0 aliphatic carbocycles. The third kappa shape index (κ3) is 2.27. The molecule has 3 atom stereocenters. The summed E-state index contributed by atoms with van der Waals surface area (Å²) in [5.41, 5.74) is 14.6. The zero-order valence-corrected chi connectivity index (χ0v) is 11.3. The smallest absolute Gasteiger partial charge is 0.122 e. The van der Waals surface area contributed by atoms with Crippen LogP contribution in [0.3, 0.4) is 0 Å². The Hall–Kier alpha value is -1.95. The van der Waals surface area contributed by atoms with E-state index >= 15 is 0 Å². The number of benzene rings is 1. The summed E-state index contributed by atoms with van der Waals surface area (Å²) in [5, 5.41) is 0. The van der Waals surface area contributed by atoms with Gasteiger partial charge in [-0.3, -0.25) is 4.98 Å². The maximum absolute atomic E-state index is 6.21. The molecule has 0 radical (unpaired) electrons. The summed E-state index contributed by atoms with van der Waals surface area (Å²) in [6, 6.07) is 13.9. The van der Waals surface area contributed by atoms with Crippen LogP contribution in [0.5, 0.6) is 5.75 Å². The van der Waals surface area contributed by atoms with Crippen molar-refractivity contribution >= 4 is 0 Å². The Morgan fingerprint density at radius 1 is 1.10 bits per heavy atom. The number of nitrogens with one attached hydrogen (secondary N) is 2. The SMILES string of the molecule is COc1ccccc1C1C(N)NNC1c1ccccn1. The molecular formula is C15H18N4O. The minimum absolute atomic E-state index is 0.0162. The maximum atomic E-state index is 6.21. The Bertz CT molecular complexity index is 575. The Morgan fingerprint density at radius 3 is 2.65 bits per heavy atom. The second-order valence-corrected chi connectivity index (χ2v) is 4.81. The number of methoxy groups -OCH3 is 1. The minimum atomic E-state index is -0.196. The lowest BCUT2D eigenvalue weighted by Crippen LogP contribution is -2.38. The maximum Gasteiger partial charge on any atom is 0.122 e. The van der Waals surface area contributed by atoms with E-state index in [4.69, 9.17) is 10.5 Å². The molecule has 2 aromatic rings. The number of hydrazine groups is 1. The molecule has 0 amide bonds. The first-order chi connectivity index (χ1) is 9.81. The van der Waals surface area contributed by atoms with Crippen molar-refractivity contribution in [3.8, 4) is 5.75 Å². The molecule has 1 aromatic carbocycles. The van der Waals surface area contributed by atoms with Crippen LogP contribution in [0.2, 0.25) is 0 Å². The van der Waals surface area contributed by atoms with Crippen molar-refractivity contribution in [2.24, 2.45) is 5.73 Å². The van der Waals surface area contributed by atoms with E-state index in [1.165, 1.54) is 0 Å². The quantitative estimate of drug-likeness (QED) is 0.784. The first kappa shape index (κ1) is 13.1. The van der Waals surface area contributed by atoms with Crippen LogP contribution < -0.4 is 21.3 Å². The van der Waals surface area contributed by atoms with Gasteiger partial charge in [0, 0.05) is 17.7 Å². The van der Waals surface area contributed by atoms with Crippen molar-refractivity contribution in [3.63, 3.8) is 0 Å². The lowest BCUT2D eigenvalue weighted by atomic mass is 9.88. The van der Waals surface area contributed by atoms with E-state index < -0.39 is 0 Å². The molecule has 4 N–H and O–H groups in total. The Morgan fingerprint density at radius 2 is 1.90 bits per heavy atom. The zero-order chi connectivity index (χ0) is 13.9. The average Bonchev–Trinajstić information content (AvgIpc) is 2.89. The van der Waals surface area contributed by atoms with Crippen LogP contribution in [0, 0.1) is 0 Å². The molecule has 5 nitrogen and oxygen atoms in total. The van der Waals surface area contributed by atoms with E-state index in [1.807, 2.05) is 42.5 Å². The van der Waals surface area contributed by atoms with Gasteiger partial charge < -0.3 is 10.5 Å². The van der Waals surface area contributed by atoms with Gasteiger partial charge in [0.05, 0.1) is 25.0 Å². The molecule has 1 aliphatic heterocycles. The monoisotopic (exact) mass is 270 g/mol. The van der Waals surface area contributed by atoms with Crippen molar-refractivity contribution in [3.05, 3.63) is 59.9 Å². The highest BCUT2D eigenvalue weighted by atomic mass is 16.5. The first-order valence-electron chi connectivity index (χ1n) is 6.61. The van der Waals surface area contributed by atoms with Gasteiger partial charge in [0.2, 0.25) is 0 Å². The van der Waals surface area contributed by atoms with Gasteiger partial charge >= 0.3 is 0 Å². The Labute approximate surface area is 118 Å². The van der Waals surface area contributed by atoms with Crippen molar-refractivity contribution in [2.45, 2.75) is 18.1 Å². The number of rotatable bonds is 3. The summed E-state index contributed by atoms with van der Waals surface area (Å²) in [4.78, 5) is 4.43. The second-order valence-electron chi connectivity index (χ2n) is 4.81. The average molecular weight is 270 g/mol. The number of para-hydroxylation sites is 1. The number of pyridine rings is 1. The fourth-order valence-corrected chi connectivity index (χ4v) is 2.71. The lowest BCUT2D eigenvalue weighted by molar-refractivity contribution is 0.398. The predicted molar refractivity (Wildman–Crippen MR) is 77.0 cm³/mol. The molecule has 3 unspecified atom stereocenters. The molecule has 3 rings (SSSR count). The Balaban J connectivity index is 2.01. The summed E-state index contributed by atoms with van der Waals surface area (Å²) in [5.74, 6) is 0.903. The van der Waals surface area contributed by atoms with Crippen LogP contribution in [0.1, 0.15) is 23.2 Å². The van der Waals surface area contributed by atoms with E-state index in [0.717, 1.165) is 17.0 Å². The van der Waals surface area contributed by atoms with Gasteiger partial charge in [0.15, 0.2) is 0 Å². The third-order valence-electron chi connectivity index (χ3n) is 3.66. The molecule has 0 saturated carbocycles. The number of nitrogens with two attached hydrogens (primary N) is 1. The molecule has 2 heterocycles. The largest absolute Gasteiger partial charge is 0.496 e. The zero-order valence-electron chi connectivity index (χ0n) is 11.3. The standard InChI is InChI=1S/C15H18N4O/c1-20-12-8-3-2-6-10(12)13-14(18-19-15(13)16)11-7-4-5-9-17-11/h2-9,13-15,18-19H,16H2,1H3. The molecule has 0 bridgehead atoms. The van der Waals surface area contributed by atoms with Crippen molar-refractivity contribution in [2.75, 3.05) is 7.11 Å². The molecule has 104 valence electrons. The van der Waals surface area contributed by atoms with E-state index in [9.17, 15) is 0 Å². The van der Waals surface area contributed by atoms with Gasteiger partial charge in [0.25, 0.3) is 0 Å². The van der Waals surface area contributed by atoms with Crippen LogP contribution in [-0.4, -0.2) is 18.3 Å². The summed E-state index contributed by atoms with van der Waals surface area (Å²) in [7, 11) is 1.68. The van der Waals surface area contributed by atoms with Crippen molar-refractivity contribution in [1.82, 2.24) is 15.8 Å². The van der Waals surface area contributed by atoms with E-state index in [-0.39, 0.29) is 18.1 Å². The molecule has 1 saturated heterocycles. The highest BCUT2D eigenvalue weighted by molar-refractivity contribution is 5.39. The van der Waals surface area contributed by atoms with Crippen LogP contribution >= 0.6 is 0 Å². The summed E-state index contributed by atoms with van der Waals surface area (Å²) < 4.78 is 5.46. The van der Waals surface area contributed by atoms with Gasteiger partial charge in [-0.05, 0) is 18.2 Å². The van der Waals surface area contributed by atoms with Crippen LogP contribution in [0.25, 0.3) is 0 Å². The van der Waals surface area contributed by atoms with E-state index in [1.54, 1.807) is 13.3 Å². The van der Waals surface area contributed by atoms with Crippen molar-refractivity contribution < 1.29 is 4.74 Å². The third-order valence-corrected chi connectivity index (χ3v) is 3.66. The van der Waals surface area contributed by atoms with Crippen LogP contribution in [-0.2, 0) is 0 Å². The predicted octanol–water partition coefficient (Wildman–Crippen LogP) is 1.31. The molecular weight excluding hydrogens is 252 g/mol. The highest BCUT2D eigenvalue weighted by Gasteiger charge is 2.37. The highest BCUT2D eigenvalue weighted by Crippen LogP contribution is 2.38. The number of hydrogen-bond acceptors (Lipinski definition) is 5. The molecule has 1 aliphatic rings.